The minimum absolute atomic E-state index is 0.771. The lowest BCUT2D eigenvalue weighted by Gasteiger charge is -1.86. The van der Waals surface area contributed by atoms with Gasteiger partial charge in [0, 0.05) is 6.20 Å². The van der Waals surface area contributed by atoms with Crippen LogP contribution in [0.3, 0.4) is 0 Å². The summed E-state index contributed by atoms with van der Waals surface area (Å²) in [7, 11) is 0. The smallest absolute Gasteiger partial charge is 0.109 e. The molecule has 0 aliphatic carbocycles. The highest BCUT2D eigenvalue weighted by Gasteiger charge is 1.93. The molecule has 44 valence electrons. The Kier molecular flexibility index (Phi) is 1.59. The molecule has 0 saturated heterocycles. The van der Waals surface area contributed by atoms with E-state index in [1.54, 1.807) is 0 Å². The zero-order valence-corrected chi connectivity index (χ0v) is 5.50. The number of aryl methyl sites for hydroxylation is 1. The summed E-state index contributed by atoms with van der Waals surface area (Å²) in [5, 5.41) is 0.771. The van der Waals surface area contributed by atoms with Crippen LogP contribution in [0.2, 0.25) is 5.15 Å². The highest BCUT2D eigenvalue weighted by molar-refractivity contribution is 6.30. The Morgan fingerprint density at radius 3 is 2.75 bits per heavy atom. The molecule has 8 heavy (non-hydrogen) atoms. The van der Waals surface area contributed by atoms with Crippen LogP contribution in [0.4, 0.5) is 0 Å². The number of H-pyrrole nitrogens is 1. The fourth-order valence-electron chi connectivity index (χ4n) is 0.654. The van der Waals surface area contributed by atoms with Gasteiger partial charge in [-0.25, -0.2) is 0 Å². The molecule has 0 unspecified atom stereocenters. The molecule has 0 fully saturated rings. The second-order valence-corrected chi connectivity index (χ2v) is 2.05. The Balaban J connectivity index is 2.92. The first-order valence-corrected chi connectivity index (χ1v) is 3.04. The van der Waals surface area contributed by atoms with Crippen LogP contribution in [0.25, 0.3) is 0 Å². The number of halogens is 1. The molecule has 0 spiro atoms. The van der Waals surface area contributed by atoms with E-state index in [9.17, 15) is 0 Å². The van der Waals surface area contributed by atoms with Gasteiger partial charge in [0.2, 0.25) is 0 Å². The molecule has 2 heteroatoms. The molecule has 0 bridgehead atoms. The van der Waals surface area contributed by atoms with Crippen LogP contribution in [0.1, 0.15) is 12.5 Å². The van der Waals surface area contributed by atoms with Crippen molar-refractivity contribution in [3.8, 4) is 0 Å². The summed E-state index contributed by atoms with van der Waals surface area (Å²) in [4.78, 5) is 2.88. The quantitative estimate of drug-likeness (QED) is 0.599. The molecule has 0 amide bonds. The highest BCUT2D eigenvalue weighted by Crippen LogP contribution is 2.12. The summed E-state index contributed by atoms with van der Waals surface area (Å²) >= 11 is 5.68. The minimum atomic E-state index is 0.771. The molecule has 1 aromatic heterocycles. The van der Waals surface area contributed by atoms with E-state index < -0.39 is 0 Å². The van der Waals surface area contributed by atoms with Crippen molar-refractivity contribution in [3.63, 3.8) is 0 Å². The van der Waals surface area contributed by atoms with E-state index in [1.165, 1.54) is 5.56 Å². The maximum atomic E-state index is 5.68. The van der Waals surface area contributed by atoms with Crippen molar-refractivity contribution in [3.05, 3.63) is 23.0 Å². The molecule has 0 saturated carbocycles. The van der Waals surface area contributed by atoms with E-state index in [0.717, 1.165) is 11.6 Å². The zero-order valence-electron chi connectivity index (χ0n) is 4.74. The van der Waals surface area contributed by atoms with Gasteiger partial charge in [-0.1, -0.05) is 18.5 Å². The van der Waals surface area contributed by atoms with E-state index in [4.69, 9.17) is 11.6 Å². The van der Waals surface area contributed by atoms with Crippen LogP contribution in [-0.2, 0) is 6.42 Å². The summed E-state index contributed by atoms with van der Waals surface area (Å²) in [6.45, 7) is 2.08. The molecule has 0 aliphatic rings. The van der Waals surface area contributed by atoms with Crippen molar-refractivity contribution in [2.75, 3.05) is 0 Å². The lowest BCUT2D eigenvalue weighted by molar-refractivity contribution is 1.14. The average molecular weight is 130 g/mol. The Labute approximate surface area is 53.7 Å². The third-order valence-corrected chi connectivity index (χ3v) is 1.51. The number of rotatable bonds is 1. The first-order chi connectivity index (χ1) is 3.84. The van der Waals surface area contributed by atoms with E-state index in [0.29, 0.717) is 0 Å². The number of hydrogen-bond acceptors (Lipinski definition) is 0. The average Bonchev–Trinajstić information content (AvgIpc) is 2.14. The van der Waals surface area contributed by atoms with Gasteiger partial charge >= 0.3 is 0 Å². The second-order valence-electron chi connectivity index (χ2n) is 1.67. The summed E-state index contributed by atoms with van der Waals surface area (Å²) < 4.78 is 0. The number of aromatic nitrogens is 1. The summed E-state index contributed by atoms with van der Waals surface area (Å²) in [6.07, 6.45) is 2.85. The predicted molar refractivity (Wildman–Crippen MR) is 35.2 cm³/mol. The monoisotopic (exact) mass is 129 g/mol. The third kappa shape index (κ3) is 0.869. The number of nitrogens with one attached hydrogen (secondary N) is 1. The van der Waals surface area contributed by atoms with Crippen LogP contribution in [0.15, 0.2) is 12.3 Å². The van der Waals surface area contributed by atoms with Crippen LogP contribution < -0.4 is 0 Å². The first kappa shape index (κ1) is 5.70. The van der Waals surface area contributed by atoms with Gasteiger partial charge < -0.3 is 4.98 Å². The van der Waals surface area contributed by atoms with Crippen LogP contribution in [0, 0.1) is 0 Å². The lowest BCUT2D eigenvalue weighted by atomic mass is 10.3. The van der Waals surface area contributed by atoms with Gasteiger partial charge in [0.25, 0.3) is 0 Å². The van der Waals surface area contributed by atoms with Crippen molar-refractivity contribution in [2.45, 2.75) is 13.3 Å². The highest BCUT2D eigenvalue weighted by atomic mass is 35.5. The van der Waals surface area contributed by atoms with Gasteiger partial charge in [-0.2, -0.15) is 0 Å². The van der Waals surface area contributed by atoms with Gasteiger partial charge in [0.05, 0.1) is 0 Å². The van der Waals surface area contributed by atoms with Crippen molar-refractivity contribution < 1.29 is 0 Å². The maximum absolute atomic E-state index is 5.68. The van der Waals surface area contributed by atoms with Crippen molar-refractivity contribution in [2.24, 2.45) is 0 Å². The number of aromatic amines is 1. The summed E-state index contributed by atoms with van der Waals surface area (Å²) in [5.41, 5.74) is 1.19. The van der Waals surface area contributed by atoms with Gasteiger partial charge in [-0.3, -0.25) is 0 Å². The Morgan fingerprint density at radius 1 is 1.75 bits per heavy atom. The topological polar surface area (TPSA) is 15.8 Å². The second kappa shape index (κ2) is 2.23. The largest absolute Gasteiger partial charge is 0.352 e. The zero-order chi connectivity index (χ0) is 5.98. The van der Waals surface area contributed by atoms with Crippen LogP contribution >= 0.6 is 11.6 Å². The Hall–Kier alpha value is -0.430. The predicted octanol–water partition coefficient (Wildman–Crippen LogP) is 2.23. The fraction of sp³-hybridized carbons (Fsp3) is 0.333. The fourth-order valence-corrected chi connectivity index (χ4v) is 0.914. The molecule has 1 nitrogen and oxygen atoms in total. The number of hydrogen-bond donors (Lipinski definition) is 1. The normalized spacial score (nSPS) is 9.75. The molecule has 0 aliphatic heterocycles. The van der Waals surface area contributed by atoms with E-state index in [2.05, 4.69) is 11.9 Å². The molecule has 0 aromatic carbocycles. The van der Waals surface area contributed by atoms with Gasteiger partial charge in [0.1, 0.15) is 5.15 Å². The minimum Gasteiger partial charge on any atom is -0.352 e. The molecular formula is C6H8ClN. The molecule has 1 heterocycles. The summed E-state index contributed by atoms with van der Waals surface area (Å²) in [6, 6.07) is 1.99. The van der Waals surface area contributed by atoms with E-state index in [1.807, 2.05) is 12.3 Å². The van der Waals surface area contributed by atoms with E-state index >= 15 is 0 Å². The molecule has 1 N–H and O–H groups in total. The molecule has 1 aromatic rings. The summed E-state index contributed by atoms with van der Waals surface area (Å²) in [5.74, 6) is 0. The Bertz CT molecular complexity index is 169. The van der Waals surface area contributed by atoms with Gasteiger partial charge in [-0.15, -0.1) is 0 Å². The molecule has 0 radical (unpaired) electrons. The lowest BCUT2D eigenvalue weighted by Crippen LogP contribution is -1.72. The molecule has 1 rings (SSSR count). The van der Waals surface area contributed by atoms with Crippen molar-refractivity contribution >= 4 is 11.6 Å². The van der Waals surface area contributed by atoms with Crippen LogP contribution in [0.5, 0.6) is 0 Å². The van der Waals surface area contributed by atoms with E-state index in [-0.39, 0.29) is 0 Å². The van der Waals surface area contributed by atoms with Crippen LogP contribution in [-0.4, -0.2) is 4.98 Å². The standard InChI is InChI=1S/C6H8ClN/c1-2-5-3-4-8-6(5)7/h3-4,8H,2H2,1H3. The first-order valence-electron chi connectivity index (χ1n) is 2.66. The van der Waals surface area contributed by atoms with Gasteiger partial charge in [0.15, 0.2) is 0 Å². The van der Waals surface area contributed by atoms with Crippen molar-refractivity contribution in [1.29, 1.82) is 0 Å². The molecule has 0 atom stereocenters. The van der Waals surface area contributed by atoms with Crippen molar-refractivity contribution in [1.82, 2.24) is 4.98 Å². The Morgan fingerprint density at radius 2 is 2.50 bits per heavy atom. The maximum Gasteiger partial charge on any atom is 0.109 e. The van der Waals surface area contributed by atoms with Gasteiger partial charge in [-0.05, 0) is 18.1 Å². The molecular weight excluding hydrogens is 122 g/mol. The third-order valence-electron chi connectivity index (χ3n) is 1.16. The SMILES string of the molecule is CCc1cc[nH]c1Cl.